The zero-order chi connectivity index (χ0) is 25.3. The van der Waals surface area contributed by atoms with Gasteiger partial charge in [0.2, 0.25) is 0 Å². The molecule has 0 saturated carbocycles. The molecule has 0 saturated heterocycles. The van der Waals surface area contributed by atoms with E-state index >= 15 is 0 Å². The number of fused-ring (bicyclic) bond motifs is 6. The Labute approximate surface area is 216 Å². The van der Waals surface area contributed by atoms with Crippen LogP contribution in [0.15, 0.2) is 122 Å². The summed E-state index contributed by atoms with van der Waals surface area (Å²) >= 11 is 0. The van der Waals surface area contributed by atoms with Gasteiger partial charge in [0.25, 0.3) is 0 Å². The Hall–Kier alpha value is -4.56. The summed E-state index contributed by atoms with van der Waals surface area (Å²) in [6.07, 6.45) is 3.94. The van der Waals surface area contributed by atoms with Crippen LogP contribution in [0, 0.1) is 0 Å². The molecular formula is C35H28N2. The molecule has 2 heterocycles. The van der Waals surface area contributed by atoms with Crippen molar-refractivity contribution < 1.29 is 0 Å². The zero-order valence-corrected chi connectivity index (χ0v) is 21.2. The van der Waals surface area contributed by atoms with Gasteiger partial charge < -0.3 is 9.55 Å². The summed E-state index contributed by atoms with van der Waals surface area (Å²) in [6, 6.07) is 32.9. The molecule has 0 bridgehead atoms. The Morgan fingerprint density at radius 3 is 2.14 bits per heavy atom. The Bertz CT molecular complexity index is 1920. The molecule has 0 atom stereocenters. The van der Waals surface area contributed by atoms with Crippen molar-refractivity contribution in [3.8, 4) is 16.8 Å². The van der Waals surface area contributed by atoms with Gasteiger partial charge in [-0.05, 0) is 64.7 Å². The normalized spacial score (nSPS) is 14.5. The lowest BCUT2D eigenvalue weighted by Gasteiger charge is -2.22. The average molecular weight is 477 g/mol. The molecule has 0 radical (unpaired) electrons. The Balaban J connectivity index is 1.44. The summed E-state index contributed by atoms with van der Waals surface area (Å²) in [5.41, 5.74) is 12.0. The first-order valence-electron chi connectivity index (χ1n) is 12.8. The van der Waals surface area contributed by atoms with E-state index in [2.05, 4.69) is 128 Å². The van der Waals surface area contributed by atoms with Gasteiger partial charge >= 0.3 is 0 Å². The van der Waals surface area contributed by atoms with E-state index in [4.69, 9.17) is 0 Å². The second-order valence-corrected chi connectivity index (χ2v) is 10.4. The number of hydrogen-bond donors (Lipinski definition) is 1. The number of hydrogen-bond acceptors (Lipinski definition) is 0. The van der Waals surface area contributed by atoms with Crippen molar-refractivity contribution in [2.24, 2.45) is 0 Å². The Morgan fingerprint density at radius 1 is 0.703 bits per heavy atom. The van der Waals surface area contributed by atoms with Crippen LogP contribution in [0.4, 0.5) is 0 Å². The lowest BCUT2D eigenvalue weighted by Crippen LogP contribution is -2.15. The number of nitrogens with zero attached hydrogens (tertiary/aromatic N) is 1. The van der Waals surface area contributed by atoms with Gasteiger partial charge in [0.05, 0.1) is 16.7 Å². The molecule has 7 rings (SSSR count). The van der Waals surface area contributed by atoms with Crippen LogP contribution in [0.5, 0.6) is 0 Å². The summed E-state index contributed by atoms with van der Waals surface area (Å²) in [4.78, 5) is 3.67. The summed E-state index contributed by atoms with van der Waals surface area (Å²) in [5.74, 6) is 0. The van der Waals surface area contributed by atoms with E-state index in [0.717, 1.165) is 11.1 Å². The largest absolute Gasteiger partial charge is 0.354 e. The number of nitrogens with one attached hydrogen (secondary N) is 1. The van der Waals surface area contributed by atoms with E-state index < -0.39 is 0 Å². The molecule has 2 aromatic heterocycles. The Morgan fingerprint density at radius 2 is 1.38 bits per heavy atom. The Kier molecular flexibility index (Phi) is 4.53. The maximum Gasteiger partial charge on any atom is 0.0541 e. The van der Waals surface area contributed by atoms with Crippen molar-refractivity contribution >= 4 is 38.3 Å². The molecule has 4 aromatic carbocycles. The quantitative estimate of drug-likeness (QED) is 0.262. The van der Waals surface area contributed by atoms with Crippen LogP contribution in [0.3, 0.4) is 0 Å². The number of aromatic amines is 1. The molecule has 1 aliphatic rings. The predicted molar refractivity (Wildman–Crippen MR) is 158 cm³/mol. The smallest absolute Gasteiger partial charge is 0.0541 e. The van der Waals surface area contributed by atoms with Crippen LogP contribution in [0.25, 0.3) is 55.1 Å². The molecule has 0 aliphatic heterocycles. The third kappa shape index (κ3) is 2.93. The maximum atomic E-state index is 4.10. The van der Waals surface area contributed by atoms with Crippen LogP contribution >= 0.6 is 0 Å². The number of rotatable bonds is 4. The highest BCUT2D eigenvalue weighted by molar-refractivity contribution is 6.10. The standard InChI is InChI=1S/C35H28N2/c1-5-25-29(6-2)35(3,4)33-28-21-22(16-18-30(28)36-34(25)33)23-17-19-32-27(20-23)26-14-10-11-15-31(26)37(32)24-12-8-7-9-13-24/h5-21,36H,1-2H2,3-4H3. The van der Waals surface area contributed by atoms with E-state index in [0.29, 0.717) is 0 Å². The van der Waals surface area contributed by atoms with Crippen molar-refractivity contribution in [3.05, 3.63) is 133 Å². The average Bonchev–Trinajstić information content (AvgIpc) is 3.53. The summed E-state index contributed by atoms with van der Waals surface area (Å²) in [7, 11) is 0. The predicted octanol–water partition coefficient (Wildman–Crippen LogP) is 9.35. The molecule has 0 fully saturated rings. The minimum Gasteiger partial charge on any atom is -0.354 e. The van der Waals surface area contributed by atoms with Gasteiger partial charge in [0, 0.05) is 38.4 Å². The van der Waals surface area contributed by atoms with E-state index in [9.17, 15) is 0 Å². The first-order chi connectivity index (χ1) is 18.0. The van der Waals surface area contributed by atoms with E-state index in [1.807, 2.05) is 12.2 Å². The second-order valence-electron chi connectivity index (χ2n) is 10.4. The molecular weight excluding hydrogens is 448 g/mol. The molecule has 0 spiro atoms. The highest BCUT2D eigenvalue weighted by atomic mass is 15.0. The van der Waals surface area contributed by atoms with E-state index in [1.54, 1.807) is 0 Å². The van der Waals surface area contributed by atoms with Crippen LogP contribution < -0.4 is 0 Å². The fourth-order valence-corrected chi connectivity index (χ4v) is 6.41. The van der Waals surface area contributed by atoms with Crippen LogP contribution in [0.2, 0.25) is 0 Å². The summed E-state index contributed by atoms with van der Waals surface area (Å²) in [5, 5.41) is 3.80. The first-order valence-corrected chi connectivity index (χ1v) is 12.8. The number of benzene rings is 4. The summed E-state index contributed by atoms with van der Waals surface area (Å²) < 4.78 is 2.36. The maximum absolute atomic E-state index is 4.10. The van der Waals surface area contributed by atoms with Gasteiger partial charge in [-0.2, -0.15) is 0 Å². The van der Waals surface area contributed by atoms with E-state index in [1.165, 1.54) is 60.8 Å². The SMILES string of the molecule is C=CC1=C(C=C)C(C)(C)c2c1[nH]c1ccc(-c3ccc4c(c3)c3ccccc3n4-c3ccccc3)cc21. The molecule has 178 valence electrons. The van der Waals surface area contributed by atoms with E-state index in [-0.39, 0.29) is 5.41 Å². The third-order valence-electron chi connectivity index (χ3n) is 8.08. The van der Waals surface area contributed by atoms with Crippen molar-refractivity contribution in [2.45, 2.75) is 19.3 Å². The second kappa shape index (κ2) is 7.72. The summed E-state index contributed by atoms with van der Waals surface area (Å²) in [6.45, 7) is 12.8. The van der Waals surface area contributed by atoms with Gasteiger partial charge in [-0.25, -0.2) is 0 Å². The molecule has 0 unspecified atom stereocenters. The lowest BCUT2D eigenvalue weighted by molar-refractivity contribution is 0.661. The van der Waals surface area contributed by atoms with Crippen LogP contribution in [0.1, 0.15) is 25.1 Å². The minimum atomic E-state index is -0.134. The molecule has 1 N–H and O–H groups in total. The van der Waals surface area contributed by atoms with Gasteiger partial charge in [0.1, 0.15) is 0 Å². The molecule has 37 heavy (non-hydrogen) atoms. The number of H-pyrrole nitrogens is 1. The van der Waals surface area contributed by atoms with Gasteiger partial charge in [-0.1, -0.05) is 87.7 Å². The van der Waals surface area contributed by atoms with Gasteiger partial charge in [-0.3, -0.25) is 0 Å². The number of allylic oxidation sites excluding steroid dienone is 4. The van der Waals surface area contributed by atoms with Crippen molar-refractivity contribution in [2.75, 3.05) is 0 Å². The minimum absolute atomic E-state index is 0.134. The van der Waals surface area contributed by atoms with Gasteiger partial charge in [-0.15, -0.1) is 0 Å². The van der Waals surface area contributed by atoms with Crippen molar-refractivity contribution in [1.82, 2.24) is 9.55 Å². The topological polar surface area (TPSA) is 20.7 Å². The highest BCUT2D eigenvalue weighted by Crippen LogP contribution is 2.50. The van der Waals surface area contributed by atoms with Crippen LogP contribution in [-0.4, -0.2) is 9.55 Å². The molecule has 2 nitrogen and oxygen atoms in total. The fourth-order valence-electron chi connectivity index (χ4n) is 6.41. The molecule has 1 aliphatic carbocycles. The fraction of sp³-hybridized carbons (Fsp3) is 0.0857. The number of para-hydroxylation sites is 2. The third-order valence-corrected chi connectivity index (χ3v) is 8.08. The molecule has 6 aromatic rings. The molecule has 0 amide bonds. The molecule has 2 heteroatoms. The monoisotopic (exact) mass is 476 g/mol. The van der Waals surface area contributed by atoms with Crippen molar-refractivity contribution in [3.63, 3.8) is 0 Å². The zero-order valence-electron chi connectivity index (χ0n) is 21.2. The first kappa shape index (κ1) is 21.7. The lowest BCUT2D eigenvalue weighted by atomic mass is 9.80. The number of aromatic nitrogens is 2. The van der Waals surface area contributed by atoms with Gasteiger partial charge in [0.15, 0.2) is 0 Å². The highest BCUT2D eigenvalue weighted by Gasteiger charge is 2.38. The van der Waals surface area contributed by atoms with Crippen molar-refractivity contribution in [1.29, 1.82) is 0 Å². The van der Waals surface area contributed by atoms with Crippen LogP contribution in [-0.2, 0) is 5.41 Å².